The third-order valence-electron chi connectivity index (χ3n) is 2.59. The van der Waals surface area contributed by atoms with E-state index >= 15 is 0 Å². The third-order valence-corrected chi connectivity index (χ3v) is 2.59. The molecule has 2 aromatic rings. The predicted octanol–water partition coefficient (Wildman–Crippen LogP) is 0.846. The van der Waals surface area contributed by atoms with Gasteiger partial charge in [0.2, 0.25) is 0 Å². The number of carbonyl (C=O) groups excluding carboxylic acids is 1. The summed E-state index contributed by atoms with van der Waals surface area (Å²) < 4.78 is 0. The van der Waals surface area contributed by atoms with Gasteiger partial charge in [0.25, 0.3) is 0 Å². The van der Waals surface area contributed by atoms with Gasteiger partial charge in [0.1, 0.15) is 6.29 Å². The largest absolute Gasteiger partial charge is 0.488 e. The second-order valence-electron chi connectivity index (χ2n) is 3.74. The molecule has 3 nitrogen and oxygen atoms in total. The van der Waals surface area contributed by atoms with Gasteiger partial charge in [-0.3, -0.25) is 4.79 Å². The molecule has 0 spiro atoms. The van der Waals surface area contributed by atoms with Crippen LogP contribution in [0.3, 0.4) is 0 Å². The highest BCUT2D eigenvalue weighted by Crippen LogP contribution is 2.18. The first-order valence-corrected chi connectivity index (χ1v) is 5.22. The molecule has 0 aliphatic carbocycles. The molecule has 0 radical (unpaired) electrons. The van der Waals surface area contributed by atoms with Crippen LogP contribution in [0.4, 0.5) is 0 Å². The number of benzene rings is 2. The average Bonchev–Trinajstić information content (AvgIpc) is 2.39. The molecule has 0 amide bonds. The van der Waals surface area contributed by atoms with Crippen LogP contribution >= 0.6 is 0 Å². The van der Waals surface area contributed by atoms with Gasteiger partial charge >= 0.3 is 7.12 Å². The number of carbonyl (C=O) groups is 1. The molecule has 4 heteroatoms. The van der Waals surface area contributed by atoms with Crippen molar-refractivity contribution in [1.82, 2.24) is 0 Å². The Morgan fingerprint density at radius 3 is 1.71 bits per heavy atom. The maximum Gasteiger partial charge on any atom is 0.488 e. The average molecular weight is 226 g/mol. The van der Waals surface area contributed by atoms with E-state index < -0.39 is 7.12 Å². The van der Waals surface area contributed by atoms with Crippen molar-refractivity contribution in [3.8, 4) is 11.1 Å². The van der Waals surface area contributed by atoms with E-state index in [0.717, 1.165) is 17.4 Å². The molecular formula is C13H11BO3. The Hall–Kier alpha value is -1.91. The molecule has 0 aliphatic heterocycles. The van der Waals surface area contributed by atoms with E-state index in [9.17, 15) is 4.79 Å². The van der Waals surface area contributed by atoms with Gasteiger partial charge in [-0.2, -0.15) is 0 Å². The second-order valence-corrected chi connectivity index (χ2v) is 3.74. The number of hydrogen-bond acceptors (Lipinski definition) is 3. The zero-order valence-corrected chi connectivity index (χ0v) is 9.08. The quantitative estimate of drug-likeness (QED) is 0.602. The lowest BCUT2D eigenvalue weighted by atomic mass is 9.80. The Kier molecular flexibility index (Phi) is 3.37. The van der Waals surface area contributed by atoms with Gasteiger partial charge < -0.3 is 10.0 Å². The van der Waals surface area contributed by atoms with E-state index in [1.54, 1.807) is 24.3 Å². The molecule has 0 aromatic heterocycles. The number of rotatable bonds is 3. The molecule has 0 bridgehead atoms. The molecule has 2 N–H and O–H groups in total. The van der Waals surface area contributed by atoms with Crippen LogP contribution in [0, 0.1) is 0 Å². The Balaban J connectivity index is 2.29. The molecule has 0 saturated carbocycles. The highest BCUT2D eigenvalue weighted by Gasteiger charge is 2.09. The molecule has 2 aromatic carbocycles. The minimum absolute atomic E-state index is 0.457. The summed E-state index contributed by atoms with van der Waals surface area (Å²) in [5, 5.41) is 17.9. The highest BCUT2D eigenvalue weighted by atomic mass is 16.4. The molecule has 0 aliphatic rings. The lowest BCUT2D eigenvalue weighted by Crippen LogP contribution is -2.29. The van der Waals surface area contributed by atoms with Crippen LogP contribution in [0.15, 0.2) is 48.5 Å². The summed E-state index contributed by atoms with van der Waals surface area (Å²) in [6, 6.07) is 14.1. The van der Waals surface area contributed by atoms with Crippen molar-refractivity contribution in [2.75, 3.05) is 0 Å². The number of hydrogen-bond donors (Lipinski definition) is 2. The van der Waals surface area contributed by atoms with Gasteiger partial charge in [-0.1, -0.05) is 48.5 Å². The minimum Gasteiger partial charge on any atom is -0.423 e. The van der Waals surface area contributed by atoms with Crippen molar-refractivity contribution in [3.05, 3.63) is 54.1 Å². The molecular weight excluding hydrogens is 215 g/mol. The van der Waals surface area contributed by atoms with Crippen LogP contribution in [0.5, 0.6) is 0 Å². The fourth-order valence-electron chi connectivity index (χ4n) is 1.60. The van der Waals surface area contributed by atoms with Gasteiger partial charge in [-0.05, 0) is 16.6 Å². The zero-order chi connectivity index (χ0) is 12.3. The van der Waals surface area contributed by atoms with Crippen LogP contribution in [-0.4, -0.2) is 23.5 Å². The first-order valence-electron chi connectivity index (χ1n) is 5.22. The van der Waals surface area contributed by atoms with Gasteiger partial charge in [-0.15, -0.1) is 0 Å². The first-order chi connectivity index (χ1) is 8.20. The molecule has 0 saturated heterocycles. The highest BCUT2D eigenvalue weighted by molar-refractivity contribution is 6.58. The van der Waals surface area contributed by atoms with Crippen molar-refractivity contribution in [1.29, 1.82) is 0 Å². The normalized spacial score (nSPS) is 10.0. The molecule has 0 unspecified atom stereocenters. The van der Waals surface area contributed by atoms with Crippen molar-refractivity contribution in [3.63, 3.8) is 0 Å². The maximum absolute atomic E-state index is 10.5. The third kappa shape index (κ3) is 2.61. The zero-order valence-electron chi connectivity index (χ0n) is 9.08. The van der Waals surface area contributed by atoms with Crippen LogP contribution in [0.2, 0.25) is 0 Å². The Bertz CT molecular complexity index is 503. The SMILES string of the molecule is O=Cc1ccc(-c2ccc(B(O)O)cc2)cc1. The Labute approximate surface area is 99.5 Å². The monoisotopic (exact) mass is 226 g/mol. The standard InChI is InChI=1S/C13H11BO3/c15-9-10-1-3-11(4-2-10)12-5-7-13(8-6-12)14(16)17/h1-9,16-17H. The Morgan fingerprint density at radius 2 is 1.29 bits per heavy atom. The molecule has 17 heavy (non-hydrogen) atoms. The summed E-state index contributed by atoms with van der Waals surface area (Å²) >= 11 is 0. The van der Waals surface area contributed by atoms with E-state index in [1.165, 1.54) is 0 Å². The van der Waals surface area contributed by atoms with E-state index in [1.807, 2.05) is 24.3 Å². The van der Waals surface area contributed by atoms with Crippen LogP contribution in [0.25, 0.3) is 11.1 Å². The van der Waals surface area contributed by atoms with E-state index in [-0.39, 0.29) is 0 Å². The summed E-state index contributed by atoms with van der Waals surface area (Å²) in [4.78, 5) is 10.5. The van der Waals surface area contributed by atoms with Gasteiger partial charge in [0.15, 0.2) is 0 Å². The van der Waals surface area contributed by atoms with Crippen LogP contribution < -0.4 is 5.46 Å². The maximum atomic E-state index is 10.5. The lowest BCUT2D eigenvalue weighted by molar-refractivity contribution is 0.112. The van der Waals surface area contributed by atoms with Gasteiger partial charge in [-0.25, -0.2) is 0 Å². The van der Waals surface area contributed by atoms with Crippen LogP contribution in [0.1, 0.15) is 10.4 Å². The fourth-order valence-corrected chi connectivity index (χ4v) is 1.60. The van der Waals surface area contributed by atoms with Crippen LogP contribution in [-0.2, 0) is 0 Å². The van der Waals surface area contributed by atoms with E-state index in [2.05, 4.69) is 0 Å². The van der Waals surface area contributed by atoms with E-state index in [0.29, 0.717) is 11.0 Å². The molecule has 2 rings (SSSR count). The Morgan fingerprint density at radius 1 is 0.824 bits per heavy atom. The molecule has 0 atom stereocenters. The summed E-state index contributed by atoms with van der Waals surface area (Å²) in [6.07, 6.45) is 0.801. The predicted molar refractivity (Wildman–Crippen MR) is 67.1 cm³/mol. The topological polar surface area (TPSA) is 57.5 Å². The minimum atomic E-state index is -1.44. The summed E-state index contributed by atoms with van der Waals surface area (Å²) in [5.41, 5.74) is 3.04. The summed E-state index contributed by atoms with van der Waals surface area (Å²) in [7, 11) is -1.44. The van der Waals surface area contributed by atoms with Gasteiger partial charge in [0, 0.05) is 5.56 Å². The van der Waals surface area contributed by atoms with Gasteiger partial charge in [0.05, 0.1) is 0 Å². The summed E-state index contributed by atoms with van der Waals surface area (Å²) in [5.74, 6) is 0. The first kappa shape index (κ1) is 11.6. The molecule has 0 heterocycles. The lowest BCUT2D eigenvalue weighted by Gasteiger charge is -2.04. The second kappa shape index (κ2) is 4.95. The fraction of sp³-hybridized carbons (Fsp3) is 0. The summed E-state index contributed by atoms with van der Waals surface area (Å²) in [6.45, 7) is 0. The number of aldehydes is 1. The van der Waals surface area contributed by atoms with Crippen molar-refractivity contribution in [2.24, 2.45) is 0 Å². The molecule has 0 fully saturated rings. The van der Waals surface area contributed by atoms with Crippen molar-refractivity contribution < 1.29 is 14.8 Å². The smallest absolute Gasteiger partial charge is 0.423 e. The van der Waals surface area contributed by atoms with Crippen molar-refractivity contribution in [2.45, 2.75) is 0 Å². The van der Waals surface area contributed by atoms with E-state index in [4.69, 9.17) is 10.0 Å². The van der Waals surface area contributed by atoms with Crippen molar-refractivity contribution >= 4 is 18.9 Å². The molecule has 84 valence electrons.